The van der Waals surface area contributed by atoms with Crippen molar-refractivity contribution in [2.75, 3.05) is 6.61 Å². The fourth-order valence-corrected chi connectivity index (χ4v) is 3.85. The summed E-state index contributed by atoms with van der Waals surface area (Å²) in [5, 5.41) is 29.3. The standard InChI is InChI=1S/C20H28O5/c1-11(2)17(22)7-4-12(3)15-6-5-13(10-21)19-16(15)8-14(20(24)25)9-18(19)23/h8-9,11-13,15,21,23H,4-7,10H2,1-3H3,(H,24,25). The van der Waals surface area contributed by atoms with Gasteiger partial charge in [-0.05, 0) is 48.8 Å². The molecule has 1 aliphatic carbocycles. The molecule has 0 amide bonds. The number of carboxylic acids is 1. The number of aromatic hydroxyl groups is 1. The van der Waals surface area contributed by atoms with Crippen LogP contribution in [0.3, 0.4) is 0 Å². The van der Waals surface area contributed by atoms with Crippen molar-refractivity contribution in [3.63, 3.8) is 0 Å². The van der Waals surface area contributed by atoms with Gasteiger partial charge in [-0.25, -0.2) is 4.79 Å². The van der Waals surface area contributed by atoms with Crippen LogP contribution in [0.4, 0.5) is 0 Å². The molecular weight excluding hydrogens is 320 g/mol. The predicted octanol–water partition coefficient (Wildman–Crippen LogP) is 3.69. The van der Waals surface area contributed by atoms with Gasteiger partial charge < -0.3 is 15.3 Å². The third kappa shape index (κ3) is 4.21. The van der Waals surface area contributed by atoms with Gasteiger partial charge in [0.15, 0.2) is 0 Å². The second-order valence-electron chi connectivity index (χ2n) is 7.50. The number of carbonyl (C=O) groups is 2. The molecule has 3 unspecified atom stereocenters. The largest absolute Gasteiger partial charge is 0.508 e. The third-order valence-electron chi connectivity index (χ3n) is 5.47. The Hall–Kier alpha value is -1.88. The summed E-state index contributed by atoms with van der Waals surface area (Å²) in [5.74, 6) is -0.758. The van der Waals surface area contributed by atoms with Crippen LogP contribution >= 0.6 is 0 Å². The number of hydrogen-bond donors (Lipinski definition) is 3. The quantitative estimate of drug-likeness (QED) is 0.698. The summed E-state index contributed by atoms with van der Waals surface area (Å²) in [4.78, 5) is 23.3. The maximum atomic E-state index is 11.9. The fraction of sp³-hybridized carbons (Fsp3) is 0.600. The van der Waals surface area contributed by atoms with Crippen molar-refractivity contribution < 1.29 is 24.9 Å². The number of aromatic carboxylic acids is 1. The van der Waals surface area contributed by atoms with E-state index in [1.807, 2.05) is 13.8 Å². The summed E-state index contributed by atoms with van der Waals surface area (Å²) >= 11 is 0. The van der Waals surface area contributed by atoms with Crippen LogP contribution in [0.15, 0.2) is 12.1 Å². The van der Waals surface area contributed by atoms with Crippen LogP contribution in [0.25, 0.3) is 0 Å². The summed E-state index contributed by atoms with van der Waals surface area (Å²) in [6.45, 7) is 5.80. The van der Waals surface area contributed by atoms with Crippen LogP contribution in [-0.4, -0.2) is 33.7 Å². The minimum absolute atomic E-state index is 0.0206. The first-order valence-corrected chi connectivity index (χ1v) is 8.99. The number of benzene rings is 1. The number of carboxylic acid groups (broad SMARTS) is 1. The summed E-state index contributed by atoms with van der Waals surface area (Å²) in [5.41, 5.74) is 1.54. The Balaban J connectivity index is 2.33. The molecule has 0 heterocycles. The molecule has 0 saturated heterocycles. The van der Waals surface area contributed by atoms with E-state index >= 15 is 0 Å². The molecule has 1 aromatic carbocycles. The Bertz CT molecular complexity index is 650. The second kappa shape index (κ2) is 8.00. The van der Waals surface area contributed by atoms with Gasteiger partial charge in [-0.3, -0.25) is 4.79 Å². The number of Topliss-reactive ketones (excluding diaryl/α,β-unsaturated/α-hetero) is 1. The molecule has 0 aliphatic heterocycles. The smallest absolute Gasteiger partial charge is 0.335 e. The maximum absolute atomic E-state index is 11.9. The highest BCUT2D eigenvalue weighted by Crippen LogP contribution is 2.47. The first-order valence-electron chi connectivity index (χ1n) is 8.99. The van der Waals surface area contributed by atoms with E-state index in [-0.39, 0.29) is 47.4 Å². The van der Waals surface area contributed by atoms with Crippen LogP contribution in [0.1, 0.15) is 79.8 Å². The van der Waals surface area contributed by atoms with Crippen molar-refractivity contribution in [1.82, 2.24) is 0 Å². The molecule has 138 valence electrons. The third-order valence-corrected chi connectivity index (χ3v) is 5.47. The van der Waals surface area contributed by atoms with E-state index < -0.39 is 5.97 Å². The fourth-order valence-electron chi connectivity index (χ4n) is 3.85. The lowest BCUT2D eigenvalue weighted by Crippen LogP contribution is -2.23. The Morgan fingerprint density at radius 1 is 1.20 bits per heavy atom. The Morgan fingerprint density at radius 3 is 2.44 bits per heavy atom. The minimum Gasteiger partial charge on any atom is -0.508 e. The molecule has 3 N–H and O–H groups in total. The van der Waals surface area contributed by atoms with E-state index in [0.717, 1.165) is 24.8 Å². The lowest BCUT2D eigenvalue weighted by molar-refractivity contribution is -0.122. The molecule has 0 fully saturated rings. The van der Waals surface area contributed by atoms with E-state index in [1.54, 1.807) is 6.07 Å². The van der Waals surface area contributed by atoms with Gasteiger partial charge in [0.25, 0.3) is 0 Å². The Morgan fingerprint density at radius 2 is 1.88 bits per heavy atom. The zero-order valence-electron chi connectivity index (χ0n) is 15.2. The molecule has 5 heteroatoms. The zero-order valence-corrected chi connectivity index (χ0v) is 15.2. The molecular formula is C20H28O5. The van der Waals surface area contributed by atoms with Gasteiger partial charge in [-0.1, -0.05) is 20.8 Å². The number of hydrogen-bond acceptors (Lipinski definition) is 4. The number of carbonyl (C=O) groups excluding carboxylic acids is 1. The molecule has 0 radical (unpaired) electrons. The predicted molar refractivity (Wildman–Crippen MR) is 95.1 cm³/mol. The van der Waals surface area contributed by atoms with Gasteiger partial charge in [-0.2, -0.15) is 0 Å². The number of rotatable bonds is 7. The minimum atomic E-state index is -1.08. The summed E-state index contributed by atoms with van der Waals surface area (Å²) in [7, 11) is 0. The van der Waals surface area contributed by atoms with Crippen LogP contribution in [-0.2, 0) is 4.79 Å². The van der Waals surface area contributed by atoms with Crippen molar-refractivity contribution >= 4 is 11.8 Å². The van der Waals surface area contributed by atoms with Crippen LogP contribution < -0.4 is 0 Å². The summed E-state index contributed by atoms with van der Waals surface area (Å²) in [6.07, 6.45) is 2.82. The van der Waals surface area contributed by atoms with Crippen LogP contribution in [0.5, 0.6) is 5.75 Å². The van der Waals surface area contributed by atoms with Gasteiger partial charge in [-0.15, -0.1) is 0 Å². The summed E-state index contributed by atoms with van der Waals surface area (Å²) in [6, 6.07) is 2.89. The average Bonchev–Trinajstić information content (AvgIpc) is 2.57. The lowest BCUT2D eigenvalue weighted by atomic mass is 9.70. The number of phenolic OH excluding ortho intramolecular Hbond substituents is 1. The highest BCUT2D eigenvalue weighted by atomic mass is 16.4. The highest BCUT2D eigenvalue weighted by molar-refractivity contribution is 5.88. The number of phenols is 1. The molecule has 25 heavy (non-hydrogen) atoms. The second-order valence-corrected chi connectivity index (χ2v) is 7.50. The molecule has 0 bridgehead atoms. The van der Waals surface area contributed by atoms with Crippen molar-refractivity contribution in [3.05, 3.63) is 28.8 Å². The molecule has 1 aromatic rings. The molecule has 0 saturated carbocycles. The van der Waals surface area contributed by atoms with Crippen molar-refractivity contribution in [2.24, 2.45) is 11.8 Å². The summed E-state index contributed by atoms with van der Waals surface area (Å²) < 4.78 is 0. The van der Waals surface area contributed by atoms with E-state index in [0.29, 0.717) is 12.0 Å². The van der Waals surface area contributed by atoms with Gasteiger partial charge in [0.2, 0.25) is 0 Å². The average molecular weight is 348 g/mol. The number of fused-ring (bicyclic) bond motifs is 1. The number of aliphatic hydroxyl groups excluding tert-OH is 1. The number of ketones is 1. The number of aliphatic hydroxyl groups is 1. The molecule has 2 rings (SSSR count). The molecule has 0 aromatic heterocycles. The van der Waals surface area contributed by atoms with E-state index in [4.69, 9.17) is 0 Å². The van der Waals surface area contributed by atoms with Gasteiger partial charge in [0.05, 0.1) is 12.2 Å². The first-order chi connectivity index (χ1) is 11.8. The van der Waals surface area contributed by atoms with Crippen LogP contribution in [0.2, 0.25) is 0 Å². The molecule has 1 aliphatic rings. The van der Waals surface area contributed by atoms with E-state index in [9.17, 15) is 24.9 Å². The van der Waals surface area contributed by atoms with Crippen LogP contribution in [0, 0.1) is 11.8 Å². The van der Waals surface area contributed by atoms with Crippen molar-refractivity contribution in [1.29, 1.82) is 0 Å². The molecule has 3 atom stereocenters. The topological polar surface area (TPSA) is 94.8 Å². The van der Waals surface area contributed by atoms with Gasteiger partial charge in [0, 0.05) is 23.8 Å². The molecule has 0 spiro atoms. The Labute approximate surface area is 148 Å². The zero-order chi connectivity index (χ0) is 18.7. The maximum Gasteiger partial charge on any atom is 0.335 e. The normalized spacial score (nSPS) is 21.0. The van der Waals surface area contributed by atoms with E-state index in [1.165, 1.54) is 6.07 Å². The lowest BCUT2D eigenvalue weighted by Gasteiger charge is -2.35. The Kier molecular flexibility index (Phi) is 6.22. The van der Waals surface area contributed by atoms with Gasteiger partial charge >= 0.3 is 5.97 Å². The monoisotopic (exact) mass is 348 g/mol. The van der Waals surface area contributed by atoms with Gasteiger partial charge in [0.1, 0.15) is 11.5 Å². The molecule has 5 nitrogen and oxygen atoms in total. The van der Waals surface area contributed by atoms with Crippen molar-refractivity contribution in [3.8, 4) is 5.75 Å². The van der Waals surface area contributed by atoms with E-state index in [2.05, 4.69) is 6.92 Å². The highest BCUT2D eigenvalue weighted by Gasteiger charge is 2.33. The van der Waals surface area contributed by atoms with Crippen molar-refractivity contribution in [2.45, 2.75) is 58.3 Å². The SMILES string of the molecule is CC(C)C(=O)CCC(C)C1CCC(CO)c2c(O)cc(C(=O)O)cc21. The first kappa shape index (κ1) is 19.4.